The molecule has 0 heterocycles. The van der Waals surface area contributed by atoms with E-state index in [1.54, 1.807) is 14.2 Å². The molecule has 0 saturated carbocycles. The number of hydrogen-bond acceptors (Lipinski definition) is 5. The Hall–Kier alpha value is -5.20. The quantitative estimate of drug-likeness (QED) is 0.108. The molecule has 0 aliphatic carbocycles. The van der Waals surface area contributed by atoms with E-state index in [-0.39, 0.29) is 0 Å². The van der Waals surface area contributed by atoms with Crippen LogP contribution in [0.4, 0.5) is 0 Å². The lowest BCUT2D eigenvalue weighted by atomic mass is 9.76. The number of aliphatic hydroxyl groups is 1. The maximum absolute atomic E-state index is 11.9. The average molecular weight is 635 g/mol. The van der Waals surface area contributed by atoms with E-state index in [4.69, 9.17) is 9.47 Å². The van der Waals surface area contributed by atoms with Crippen LogP contribution in [-0.2, 0) is 11.1 Å². The van der Waals surface area contributed by atoms with E-state index >= 15 is 0 Å². The number of ether oxygens (including phenoxy) is 2. The van der Waals surface area contributed by atoms with Crippen molar-refractivity contribution in [2.45, 2.75) is 17.2 Å². The van der Waals surface area contributed by atoms with Gasteiger partial charge in [0.1, 0.15) is 11.5 Å². The van der Waals surface area contributed by atoms with Crippen LogP contribution in [0.15, 0.2) is 170 Å². The Kier molecular flexibility index (Phi) is 10.3. The van der Waals surface area contributed by atoms with Gasteiger partial charge in [0.05, 0.1) is 31.4 Å². The van der Waals surface area contributed by atoms with E-state index in [9.17, 15) is 5.11 Å². The van der Waals surface area contributed by atoms with Crippen molar-refractivity contribution in [2.24, 2.45) is 0 Å². The number of methoxy groups -OCH3 is 2. The minimum absolute atomic E-state index is 0.311. The summed E-state index contributed by atoms with van der Waals surface area (Å²) in [5.74, 6) is 1.57. The van der Waals surface area contributed by atoms with Crippen LogP contribution in [0.2, 0.25) is 0 Å². The van der Waals surface area contributed by atoms with E-state index in [0.29, 0.717) is 13.1 Å². The van der Waals surface area contributed by atoms with Crippen molar-refractivity contribution in [3.63, 3.8) is 0 Å². The molecule has 6 rings (SSSR count). The van der Waals surface area contributed by atoms with Crippen molar-refractivity contribution in [1.29, 1.82) is 0 Å². The van der Waals surface area contributed by atoms with Gasteiger partial charge < -0.3 is 14.6 Å². The lowest BCUT2D eigenvalue weighted by molar-refractivity contribution is 0.153. The molecule has 242 valence electrons. The van der Waals surface area contributed by atoms with Crippen LogP contribution in [-0.4, -0.2) is 38.5 Å². The van der Waals surface area contributed by atoms with Crippen molar-refractivity contribution < 1.29 is 14.6 Å². The number of nitrogens with one attached hydrogen (secondary N) is 2. The number of rotatable bonds is 14. The zero-order chi connectivity index (χ0) is 33.2. The fourth-order valence-electron chi connectivity index (χ4n) is 6.66. The third kappa shape index (κ3) is 6.62. The molecule has 0 spiro atoms. The SMILES string of the molecule is COc1ccc(C(NCC(O)CNC(c2ccccc2)(c2ccccc2)c2ccc(OC)cc2)(c2ccccc2)c2ccccc2)cc1. The van der Waals surface area contributed by atoms with Gasteiger partial charge in [-0.1, -0.05) is 146 Å². The summed E-state index contributed by atoms with van der Waals surface area (Å²) in [5, 5.41) is 19.5. The molecule has 0 aliphatic heterocycles. The van der Waals surface area contributed by atoms with Gasteiger partial charge in [-0.05, 0) is 57.6 Å². The predicted octanol–water partition coefficient (Wildman–Crippen LogP) is 7.53. The molecule has 0 saturated heterocycles. The number of hydrogen-bond donors (Lipinski definition) is 3. The minimum Gasteiger partial charge on any atom is -0.497 e. The maximum atomic E-state index is 11.9. The molecule has 0 unspecified atom stereocenters. The van der Waals surface area contributed by atoms with Gasteiger partial charge >= 0.3 is 0 Å². The van der Waals surface area contributed by atoms with E-state index < -0.39 is 17.2 Å². The van der Waals surface area contributed by atoms with Crippen LogP contribution in [0.25, 0.3) is 0 Å². The normalized spacial score (nSPS) is 11.8. The first-order valence-electron chi connectivity index (χ1n) is 16.3. The van der Waals surface area contributed by atoms with Gasteiger partial charge in [-0.3, -0.25) is 10.6 Å². The fourth-order valence-corrected chi connectivity index (χ4v) is 6.66. The average Bonchev–Trinajstić information content (AvgIpc) is 3.17. The topological polar surface area (TPSA) is 62.8 Å². The lowest BCUT2D eigenvalue weighted by Crippen LogP contribution is -2.52. The second-order valence-electron chi connectivity index (χ2n) is 11.8. The van der Waals surface area contributed by atoms with Gasteiger partial charge in [-0.15, -0.1) is 0 Å². The molecule has 0 atom stereocenters. The minimum atomic E-state index is -0.750. The Morgan fingerprint density at radius 1 is 0.417 bits per heavy atom. The molecule has 0 bridgehead atoms. The first-order chi connectivity index (χ1) is 23.6. The first-order valence-corrected chi connectivity index (χ1v) is 16.3. The largest absolute Gasteiger partial charge is 0.497 e. The summed E-state index contributed by atoms with van der Waals surface area (Å²) in [5.41, 5.74) is 4.91. The van der Waals surface area contributed by atoms with E-state index in [1.807, 2.05) is 48.5 Å². The predicted molar refractivity (Wildman–Crippen MR) is 194 cm³/mol. The molecule has 0 radical (unpaired) electrons. The van der Waals surface area contributed by atoms with Crippen molar-refractivity contribution in [3.05, 3.63) is 203 Å². The lowest BCUT2D eigenvalue weighted by Gasteiger charge is -2.39. The highest BCUT2D eigenvalue weighted by Gasteiger charge is 2.38. The van der Waals surface area contributed by atoms with Crippen LogP contribution in [0.3, 0.4) is 0 Å². The van der Waals surface area contributed by atoms with Gasteiger partial charge in [0, 0.05) is 13.1 Å². The molecule has 48 heavy (non-hydrogen) atoms. The third-order valence-electron chi connectivity index (χ3n) is 9.08. The highest BCUT2D eigenvalue weighted by molar-refractivity contribution is 5.52. The molecule has 6 aromatic carbocycles. The second-order valence-corrected chi connectivity index (χ2v) is 11.8. The first kappa shape index (κ1) is 32.7. The van der Waals surface area contributed by atoms with Crippen LogP contribution in [0.5, 0.6) is 11.5 Å². The molecule has 0 fully saturated rings. The fraction of sp³-hybridized carbons (Fsp3) is 0.163. The van der Waals surface area contributed by atoms with E-state index in [0.717, 1.165) is 44.9 Å². The summed E-state index contributed by atoms with van der Waals surface area (Å²) < 4.78 is 11.0. The monoisotopic (exact) mass is 634 g/mol. The molecule has 5 heteroatoms. The standard InChI is InChI=1S/C43H42N2O3/c1-47-40-27-23-37(24-28-40)42(33-15-7-3-8-16-33,34-17-9-4-10-18-34)44-31-39(46)32-45-43(35-19-11-5-12-20-35,36-21-13-6-14-22-36)38-25-29-41(48-2)30-26-38/h3-30,39,44-46H,31-32H2,1-2H3. The highest BCUT2D eigenvalue weighted by atomic mass is 16.5. The highest BCUT2D eigenvalue weighted by Crippen LogP contribution is 2.39. The van der Waals surface area contributed by atoms with Gasteiger partial charge in [-0.25, -0.2) is 0 Å². The maximum Gasteiger partial charge on any atom is 0.118 e. The molecule has 3 N–H and O–H groups in total. The summed E-state index contributed by atoms with van der Waals surface area (Å²) in [6, 6.07) is 57.9. The summed E-state index contributed by atoms with van der Waals surface area (Å²) in [4.78, 5) is 0. The summed E-state index contributed by atoms with van der Waals surface area (Å²) in [6.45, 7) is 0.621. The Balaban J connectivity index is 1.37. The van der Waals surface area contributed by atoms with Crippen LogP contribution >= 0.6 is 0 Å². The zero-order valence-corrected chi connectivity index (χ0v) is 27.4. The number of aliphatic hydroxyl groups excluding tert-OH is 1. The molecule has 0 amide bonds. The van der Waals surface area contributed by atoms with E-state index in [1.165, 1.54) is 0 Å². The van der Waals surface area contributed by atoms with Crippen molar-refractivity contribution in [1.82, 2.24) is 10.6 Å². The van der Waals surface area contributed by atoms with Crippen molar-refractivity contribution >= 4 is 0 Å². The van der Waals surface area contributed by atoms with Crippen molar-refractivity contribution in [2.75, 3.05) is 27.3 Å². The Morgan fingerprint density at radius 3 is 0.917 bits per heavy atom. The Labute approximate surface area is 283 Å². The van der Waals surface area contributed by atoms with Gasteiger partial charge in [-0.2, -0.15) is 0 Å². The summed E-state index contributed by atoms with van der Waals surface area (Å²) in [6.07, 6.45) is -0.750. The zero-order valence-electron chi connectivity index (χ0n) is 27.4. The second kappa shape index (κ2) is 15.1. The summed E-state index contributed by atoms with van der Waals surface area (Å²) in [7, 11) is 3.35. The molecular weight excluding hydrogens is 592 g/mol. The molecule has 0 aromatic heterocycles. The molecule has 0 aliphatic rings. The Morgan fingerprint density at radius 2 is 0.667 bits per heavy atom. The van der Waals surface area contributed by atoms with Crippen LogP contribution in [0, 0.1) is 0 Å². The van der Waals surface area contributed by atoms with Gasteiger partial charge in [0.25, 0.3) is 0 Å². The van der Waals surface area contributed by atoms with Gasteiger partial charge in [0.15, 0.2) is 0 Å². The third-order valence-corrected chi connectivity index (χ3v) is 9.08. The van der Waals surface area contributed by atoms with E-state index in [2.05, 4.69) is 132 Å². The summed E-state index contributed by atoms with van der Waals surface area (Å²) >= 11 is 0. The van der Waals surface area contributed by atoms with Gasteiger partial charge in [0.2, 0.25) is 0 Å². The Bertz CT molecular complexity index is 1610. The van der Waals surface area contributed by atoms with Crippen molar-refractivity contribution in [3.8, 4) is 11.5 Å². The van der Waals surface area contributed by atoms with Crippen LogP contribution in [0.1, 0.15) is 33.4 Å². The molecular formula is C43H42N2O3. The molecule has 5 nitrogen and oxygen atoms in total. The molecule has 6 aromatic rings. The van der Waals surface area contributed by atoms with Crippen LogP contribution < -0.4 is 20.1 Å². The number of benzene rings is 6. The smallest absolute Gasteiger partial charge is 0.118 e.